The Hall–Kier alpha value is -3.09. The van der Waals surface area contributed by atoms with Crippen molar-refractivity contribution in [1.82, 2.24) is 9.88 Å². The molecule has 1 saturated heterocycles. The van der Waals surface area contributed by atoms with E-state index in [1.54, 1.807) is 28.0 Å². The quantitative estimate of drug-likeness (QED) is 0.707. The van der Waals surface area contributed by atoms with Crippen molar-refractivity contribution in [2.45, 2.75) is 6.54 Å². The van der Waals surface area contributed by atoms with Crippen molar-refractivity contribution in [3.8, 4) is 0 Å². The number of nitrogens with zero attached hydrogens (tertiary/aromatic N) is 3. The Kier molecular flexibility index (Phi) is 4.43. The number of aromatic nitrogens is 1. The number of benzene rings is 2. The molecular formula is C20H16F3N3O. The SMILES string of the molecule is O=C1CN(c2ccnc3c(F)cc(F)cc23)CCN1Cc1cccc(F)c1. The molecule has 4 nitrogen and oxygen atoms in total. The Bertz CT molecular complexity index is 1020. The first-order chi connectivity index (χ1) is 13.0. The zero-order valence-corrected chi connectivity index (χ0v) is 14.3. The molecule has 1 aliphatic heterocycles. The maximum atomic E-state index is 14.0. The molecule has 0 spiro atoms. The second-order valence-electron chi connectivity index (χ2n) is 6.48. The van der Waals surface area contributed by atoms with Crippen LogP contribution in [0.5, 0.6) is 0 Å². The van der Waals surface area contributed by atoms with Gasteiger partial charge in [0.2, 0.25) is 5.91 Å². The topological polar surface area (TPSA) is 36.4 Å². The normalized spacial score (nSPS) is 14.9. The number of amides is 1. The monoisotopic (exact) mass is 371 g/mol. The van der Waals surface area contributed by atoms with E-state index in [0.29, 0.717) is 30.7 Å². The van der Waals surface area contributed by atoms with Gasteiger partial charge in [-0.25, -0.2) is 13.2 Å². The Morgan fingerprint density at radius 2 is 1.85 bits per heavy atom. The molecule has 0 atom stereocenters. The molecule has 0 aliphatic carbocycles. The summed E-state index contributed by atoms with van der Waals surface area (Å²) in [6, 6.07) is 9.81. The number of fused-ring (bicyclic) bond motifs is 1. The molecule has 2 heterocycles. The number of carbonyl (C=O) groups is 1. The molecular weight excluding hydrogens is 355 g/mol. The van der Waals surface area contributed by atoms with Gasteiger partial charge in [-0.2, -0.15) is 0 Å². The van der Waals surface area contributed by atoms with Gasteiger partial charge in [0.05, 0.1) is 6.54 Å². The zero-order chi connectivity index (χ0) is 19.0. The van der Waals surface area contributed by atoms with Crippen molar-refractivity contribution >= 4 is 22.5 Å². The smallest absolute Gasteiger partial charge is 0.242 e. The van der Waals surface area contributed by atoms with E-state index in [-0.39, 0.29) is 23.8 Å². The van der Waals surface area contributed by atoms with Gasteiger partial charge in [0.15, 0.2) is 5.82 Å². The molecule has 2 aromatic carbocycles. The molecule has 1 aliphatic rings. The number of carbonyl (C=O) groups excluding carboxylic acids is 1. The number of hydrogen-bond acceptors (Lipinski definition) is 3. The third kappa shape index (κ3) is 3.45. The number of rotatable bonds is 3. The molecule has 3 aromatic rings. The molecule has 4 rings (SSSR count). The average Bonchev–Trinajstić information content (AvgIpc) is 2.63. The van der Waals surface area contributed by atoms with Crippen LogP contribution in [0.3, 0.4) is 0 Å². The number of pyridine rings is 1. The number of piperazine rings is 1. The zero-order valence-electron chi connectivity index (χ0n) is 14.3. The fraction of sp³-hybridized carbons (Fsp3) is 0.200. The lowest BCUT2D eigenvalue weighted by molar-refractivity contribution is -0.131. The predicted octanol–water partition coefficient (Wildman–Crippen LogP) is 3.50. The van der Waals surface area contributed by atoms with Crippen LogP contribution in [0.25, 0.3) is 10.9 Å². The molecule has 0 unspecified atom stereocenters. The first-order valence-corrected chi connectivity index (χ1v) is 8.52. The Labute approximate surface area is 153 Å². The van der Waals surface area contributed by atoms with Crippen LogP contribution < -0.4 is 4.90 Å². The van der Waals surface area contributed by atoms with Crippen molar-refractivity contribution in [3.63, 3.8) is 0 Å². The maximum absolute atomic E-state index is 14.0. The van der Waals surface area contributed by atoms with Crippen LogP contribution >= 0.6 is 0 Å². The Morgan fingerprint density at radius 1 is 1.00 bits per heavy atom. The molecule has 27 heavy (non-hydrogen) atoms. The average molecular weight is 371 g/mol. The minimum atomic E-state index is -0.733. The van der Waals surface area contributed by atoms with E-state index >= 15 is 0 Å². The third-order valence-corrected chi connectivity index (χ3v) is 4.66. The van der Waals surface area contributed by atoms with E-state index in [0.717, 1.165) is 11.6 Å². The number of halogens is 3. The molecule has 138 valence electrons. The minimum Gasteiger partial charge on any atom is -0.360 e. The number of anilines is 1. The summed E-state index contributed by atoms with van der Waals surface area (Å²) in [5.74, 6) is -1.90. The van der Waals surface area contributed by atoms with E-state index in [1.165, 1.54) is 24.4 Å². The van der Waals surface area contributed by atoms with Crippen molar-refractivity contribution in [2.24, 2.45) is 0 Å². The van der Waals surface area contributed by atoms with Crippen LogP contribution in [0.2, 0.25) is 0 Å². The van der Waals surface area contributed by atoms with E-state index < -0.39 is 11.6 Å². The molecule has 1 fully saturated rings. The summed E-state index contributed by atoms with van der Waals surface area (Å²) in [5, 5.41) is 0.335. The Balaban J connectivity index is 1.57. The fourth-order valence-corrected chi connectivity index (χ4v) is 3.38. The molecule has 7 heteroatoms. The molecule has 1 amide bonds. The van der Waals surface area contributed by atoms with Gasteiger partial charge < -0.3 is 9.80 Å². The largest absolute Gasteiger partial charge is 0.360 e. The third-order valence-electron chi connectivity index (χ3n) is 4.66. The van der Waals surface area contributed by atoms with Gasteiger partial charge in [-0.3, -0.25) is 9.78 Å². The van der Waals surface area contributed by atoms with Crippen molar-refractivity contribution in [2.75, 3.05) is 24.5 Å². The standard InChI is InChI=1S/C20H16F3N3O/c21-14-3-1-2-13(8-14)11-26-7-6-25(12-19(26)27)18-4-5-24-20-16(18)9-15(22)10-17(20)23/h1-5,8-10H,6-7,11-12H2. The van der Waals surface area contributed by atoms with E-state index in [1.807, 2.05) is 0 Å². The van der Waals surface area contributed by atoms with Crippen LogP contribution in [0.15, 0.2) is 48.7 Å². The highest BCUT2D eigenvalue weighted by Crippen LogP contribution is 2.29. The first-order valence-electron chi connectivity index (χ1n) is 8.52. The maximum Gasteiger partial charge on any atom is 0.242 e. The van der Waals surface area contributed by atoms with E-state index in [2.05, 4.69) is 4.98 Å². The highest BCUT2D eigenvalue weighted by atomic mass is 19.1. The summed E-state index contributed by atoms with van der Waals surface area (Å²) in [5.41, 5.74) is 1.36. The lowest BCUT2D eigenvalue weighted by atomic mass is 10.1. The van der Waals surface area contributed by atoms with Crippen LogP contribution in [0.1, 0.15) is 5.56 Å². The molecule has 0 radical (unpaired) electrons. The second-order valence-corrected chi connectivity index (χ2v) is 6.48. The number of hydrogen-bond donors (Lipinski definition) is 0. The lowest BCUT2D eigenvalue weighted by Crippen LogP contribution is -2.50. The highest BCUT2D eigenvalue weighted by molar-refractivity contribution is 5.94. The predicted molar refractivity (Wildman–Crippen MR) is 95.7 cm³/mol. The Morgan fingerprint density at radius 3 is 2.63 bits per heavy atom. The molecule has 1 aromatic heterocycles. The summed E-state index contributed by atoms with van der Waals surface area (Å²) in [6.07, 6.45) is 1.45. The van der Waals surface area contributed by atoms with E-state index in [4.69, 9.17) is 0 Å². The highest BCUT2D eigenvalue weighted by Gasteiger charge is 2.25. The summed E-state index contributed by atoms with van der Waals surface area (Å²) >= 11 is 0. The van der Waals surface area contributed by atoms with Gasteiger partial charge in [0.25, 0.3) is 0 Å². The van der Waals surface area contributed by atoms with Gasteiger partial charge in [0, 0.05) is 43.0 Å². The van der Waals surface area contributed by atoms with Gasteiger partial charge in [-0.15, -0.1) is 0 Å². The van der Waals surface area contributed by atoms with Crippen molar-refractivity contribution < 1.29 is 18.0 Å². The van der Waals surface area contributed by atoms with Crippen LogP contribution in [-0.2, 0) is 11.3 Å². The van der Waals surface area contributed by atoms with Gasteiger partial charge in [0.1, 0.15) is 17.2 Å². The van der Waals surface area contributed by atoms with Crippen LogP contribution in [-0.4, -0.2) is 35.4 Å². The molecule has 0 saturated carbocycles. The summed E-state index contributed by atoms with van der Waals surface area (Å²) in [4.78, 5) is 20.0. The molecule has 0 bridgehead atoms. The first kappa shape index (κ1) is 17.3. The summed E-state index contributed by atoms with van der Waals surface area (Å²) in [7, 11) is 0. The van der Waals surface area contributed by atoms with Crippen molar-refractivity contribution in [1.29, 1.82) is 0 Å². The van der Waals surface area contributed by atoms with Crippen molar-refractivity contribution in [3.05, 3.63) is 71.7 Å². The fourth-order valence-electron chi connectivity index (χ4n) is 3.38. The van der Waals surface area contributed by atoms with Crippen LogP contribution in [0, 0.1) is 17.5 Å². The van der Waals surface area contributed by atoms with Gasteiger partial charge in [-0.05, 0) is 29.8 Å². The minimum absolute atomic E-state index is 0.0727. The second kappa shape index (κ2) is 6.90. The van der Waals surface area contributed by atoms with Crippen LogP contribution in [0.4, 0.5) is 18.9 Å². The van der Waals surface area contributed by atoms with E-state index in [9.17, 15) is 18.0 Å². The molecule has 0 N–H and O–H groups in total. The lowest BCUT2D eigenvalue weighted by Gasteiger charge is -2.36. The van der Waals surface area contributed by atoms with Gasteiger partial charge in [-0.1, -0.05) is 12.1 Å². The van der Waals surface area contributed by atoms with Gasteiger partial charge >= 0.3 is 0 Å². The summed E-state index contributed by atoms with van der Waals surface area (Å²) in [6.45, 7) is 1.33. The summed E-state index contributed by atoms with van der Waals surface area (Å²) < 4.78 is 41.0.